The molecule has 2 N–H and O–H groups in total. The van der Waals surface area contributed by atoms with Gasteiger partial charge in [-0.2, -0.15) is 4.98 Å². The van der Waals surface area contributed by atoms with E-state index >= 15 is 0 Å². The number of halogens is 1. The molecule has 3 aromatic heterocycles. The number of nitrogens with one attached hydrogen (secondary N) is 1. The van der Waals surface area contributed by atoms with Crippen LogP contribution in [-0.2, 0) is 36.9 Å². The summed E-state index contributed by atoms with van der Waals surface area (Å²) >= 11 is 2.22. The van der Waals surface area contributed by atoms with Crippen molar-refractivity contribution < 1.29 is 28.9 Å². The summed E-state index contributed by atoms with van der Waals surface area (Å²) < 4.78 is 20.6. The Balaban J connectivity index is 0.000000182. The van der Waals surface area contributed by atoms with Crippen LogP contribution >= 0.6 is 22.6 Å². The van der Waals surface area contributed by atoms with Gasteiger partial charge in [0.15, 0.2) is 6.10 Å². The molecule has 6 rings (SSSR count). The van der Waals surface area contributed by atoms with Crippen LogP contribution in [0, 0.1) is 3.57 Å². The molecule has 1 saturated heterocycles. The lowest BCUT2D eigenvalue weighted by Gasteiger charge is -2.21. The first-order chi connectivity index (χ1) is 23.6. The maximum Gasteiger partial charge on any atom is 0.267 e. The molecule has 13 heteroatoms. The fourth-order valence-electron chi connectivity index (χ4n) is 4.21. The third-order valence-electron chi connectivity index (χ3n) is 6.83. The molecule has 254 valence electrons. The van der Waals surface area contributed by atoms with Crippen molar-refractivity contribution in [1.29, 1.82) is 0 Å². The maximum atomic E-state index is 11.4. The molecule has 1 aliphatic heterocycles. The van der Waals surface area contributed by atoms with Crippen molar-refractivity contribution in [2.45, 2.75) is 32.2 Å². The Kier molecular flexibility index (Phi) is 13.5. The number of hydrogen-bond acceptors (Lipinski definition) is 9. The number of hydrogen-bond donors (Lipinski definition) is 2. The number of ether oxygens (including phenoxy) is 3. The molecule has 0 saturated carbocycles. The second-order valence-electron chi connectivity index (χ2n) is 10.7. The summed E-state index contributed by atoms with van der Waals surface area (Å²) in [5, 5.41) is 11.0. The Morgan fingerprint density at radius 3 is 1.94 bits per heavy atom. The van der Waals surface area contributed by atoms with Crippen LogP contribution in [0.1, 0.15) is 24.0 Å². The van der Waals surface area contributed by atoms with Crippen molar-refractivity contribution in [2.75, 3.05) is 0 Å². The van der Waals surface area contributed by atoms with E-state index in [2.05, 4.69) is 32.9 Å². The Morgan fingerprint density at radius 1 is 0.776 bits per heavy atom. The van der Waals surface area contributed by atoms with Gasteiger partial charge < -0.3 is 28.5 Å². The van der Waals surface area contributed by atoms with Crippen molar-refractivity contribution in [3.05, 3.63) is 145 Å². The van der Waals surface area contributed by atoms with Crippen LogP contribution in [0.3, 0.4) is 0 Å². The number of rotatable bonds is 8. The third kappa shape index (κ3) is 11.9. The smallest absolute Gasteiger partial charge is 0.267 e. The highest BCUT2D eigenvalue weighted by molar-refractivity contribution is 14.1. The van der Waals surface area contributed by atoms with Gasteiger partial charge in [0.05, 0.1) is 3.57 Å². The van der Waals surface area contributed by atoms with E-state index in [1.54, 1.807) is 14.1 Å². The van der Waals surface area contributed by atoms with Crippen molar-refractivity contribution in [2.24, 2.45) is 14.1 Å². The van der Waals surface area contributed by atoms with Gasteiger partial charge in [0.25, 0.3) is 5.91 Å². The number of aryl methyl sites for hydroxylation is 2. The third-order valence-corrected chi connectivity index (χ3v) is 7.65. The lowest BCUT2D eigenvalue weighted by atomic mass is 10.1. The quantitative estimate of drug-likeness (QED) is 0.172. The first-order valence-corrected chi connectivity index (χ1v) is 16.2. The highest BCUT2D eigenvalue weighted by Gasteiger charge is 2.28. The first kappa shape index (κ1) is 36.4. The van der Waals surface area contributed by atoms with Crippen molar-refractivity contribution >= 4 is 34.4 Å². The van der Waals surface area contributed by atoms with Crippen molar-refractivity contribution in [1.82, 2.24) is 19.4 Å². The number of amides is 2. The zero-order valence-electron chi connectivity index (χ0n) is 26.8. The summed E-state index contributed by atoms with van der Waals surface area (Å²) in [6, 6.07) is 29.4. The number of piperidine rings is 1. The predicted molar refractivity (Wildman–Crippen MR) is 190 cm³/mol. The average molecular weight is 779 g/mol. The minimum absolute atomic E-state index is 0.108. The zero-order valence-corrected chi connectivity index (χ0v) is 29.0. The number of carbonyl (C=O) groups is 2. The van der Waals surface area contributed by atoms with Crippen LogP contribution in [0.15, 0.2) is 119 Å². The van der Waals surface area contributed by atoms with Gasteiger partial charge in [0.2, 0.25) is 28.8 Å². The molecular weight excluding hydrogens is 743 g/mol. The van der Waals surface area contributed by atoms with Gasteiger partial charge in [0.1, 0.15) is 24.7 Å². The lowest BCUT2D eigenvalue weighted by molar-refractivity contribution is -0.138. The molecule has 1 aliphatic rings. The van der Waals surface area contributed by atoms with E-state index in [-0.39, 0.29) is 29.2 Å². The monoisotopic (exact) mass is 778 g/mol. The van der Waals surface area contributed by atoms with Gasteiger partial charge in [-0.25, -0.2) is 0 Å². The Labute approximate surface area is 296 Å². The SMILES string of the molecule is Cn1cc(O)ccc1=O.Cn1cc(OC2CCC(=O)NC2=O)ccc1=O.Ic1ccc(OCc2ccccc2)nc1OCc1ccccc1. The predicted octanol–water partition coefficient (Wildman–Crippen LogP) is 4.50. The van der Waals surface area contributed by atoms with E-state index in [0.29, 0.717) is 37.1 Å². The Hall–Kier alpha value is -5.44. The molecule has 0 radical (unpaired) electrons. The van der Waals surface area contributed by atoms with E-state index in [4.69, 9.17) is 19.3 Å². The molecule has 4 heterocycles. The van der Waals surface area contributed by atoms with E-state index in [9.17, 15) is 19.2 Å². The summed E-state index contributed by atoms with van der Waals surface area (Å²) in [6.45, 7) is 0.985. The molecule has 12 nitrogen and oxygen atoms in total. The Morgan fingerprint density at radius 2 is 1.37 bits per heavy atom. The molecule has 49 heavy (non-hydrogen) atoms. The van der Waals surface area contributed by atoms with Crippen LogP contribution in [0.2, 0.25) is 0 Å². The molecule has 5 aromatic rings. The largest absolute Gasteiger partial charge is 0.506 e. The van der Waals surface area contributed by atoms with Gasteiger partial charge in [0, 0.05) is 57.5 Å². The number of nitrogens with zero attached hydrogens (tertiary/aromatic N) is 3. The maximum absolute atomic E-state index is 11.4. The topological polar surface area (TPSA) is 151 Å². The van der Waals surface area contributed by atoms with E-state index < -0.39 is 12.0 Å². The summed E-state index contributed by atoms with van der Waals surface area (Å²) in [7, 11) is 3.18. The second kappa shape index (κ2) is 18.2. The van der Waals surface area contributed by atoms with Crippen LogP contribution in [0.4, 0.5) is 0 Å². The Bertz CT molecular complexity index is 1970. The summed E-state index contributed by atoms with van der Waals surface area (Å²) in [4.78, 5) is 48.6. The fraction of sp³-hybridized carbons (Fsp3) is 0.194. The normalized spacial score (nSPS) is 13.5. The molecule has 0 bridgehead atoms. The standard InChI is InChI=1S/C19H16INO2.C11H12N2O4.C6H7NO2/c20-17-11-12-18(22-13-15-7-3-1-4-8-15)21-19(17)23-14-16-9-5-2-6-10-16;1-13-6-7(2-5-10(13)15)17-8-3-4-9(14)12-11(8)16;1-7-4-5(8)2-3-6(7)9/h1-12H,13-14H2;2,5-6,8H,3-4H2,1H3,(H,12,14,16);2-4,8H,1H3. The van der Waals surface area contributed by atoms with Crippen molar-refractivity contribution in [3.63, 3.8) is 0 Å². The number of aromatic nitrogens is 3. The molecule has 0 aliphatic carbocycles. The number of benzene rings is 2. The van der Waals surface area contributed by atoms with Crippen LogP contribution in [0.5, 0.6) is 23.3 Å². The number of aromatic hydroxyl groups is 1. The lowest BCUT2D eigenvalue weighted by Crippen LogP contribution is -2.46. The van der Waals surface area contributed by atoms with Crippen LogP contribution in [0.25, 0.3) is 0 Å². The van der Waals surface area contributed by atoms with Gasteiger partial charge in [-0.1, -0.05) is 60.7 Å². The number of imide groups is 1. The van der Waals surface area contributed by atoms with Crippen molar-refractivity contribution in [3.8, 4) is 23.3 Å². The molecule has 1 fully saturated rings. The molecule has 2 amide bonds. The van der Waals surface area contributed by atoms with E-state index in [1.807, 2.05) is 72.8 Å². The zero-order chi connectivity index (χ0) is 35.2. The van der Waals surface area contributed by atoms with E-state index in [0.717, 1.165) is 14.7 Å². The number of carbonyl (C=O) groups excluding carboxylic acids is 2. The van der Waals surface area contributed by atoms with Gasteiger partial charge in [-0.3, -0.25) is 24.5 Å². The average Bonchev–Trinajstić information content (AvgIpc) is 3.10. The molecule has 1 unspecified atom stereocenters. The minimum Gasteiger partial charge on any atom is -0.506 e. The highest BCUT2D eigenvalue weighted by Crippen LogP contribution is 2.23. The minimum atomic E-state index is -0.676. The second-order valence-corrected chi connectivity index (χ2v) is 11.9. The van der Waals surface area contributed by atoms with Gasteiger partial charge >= 0.3 is 0 Å². The van der Waals surface area contributed by atoms with Gasteiger partial charge in [-0.05, 0) is 51.9 Å². The van der Waals surface area contributed by atoms with Crippen LogP contribution < -0.4 is 30.6 Å². The first-order valence-electron chi connectivity index (χ1n) is 15.1. The summed E-state index contributed by atoms with van der Waals surface area (Å²) in [6.07, 6.45) is 2.81. The molecule has 2 aromatic carbocycles. The van der Waals surface area contributed by atoms with E-state index in [1.165, 1.54) is 45.8 Å². The number of pyridine rings is 3. The molecule has 0 spiro atoms. The highest BCUT2D eigenvalue weighted by atomic mass is 127. The summed E-state index contributed by atoms with van der Waals surface area (Å²) in [5.41, 5.74) is 1.95. The van der Waals surface area contributed by atoms with Crippen LogP contribution in [-0.4, -0.2) is 37.1 Å². The molecule has 1 atom stereocenters. The fourth-order valence-corrected chi connectivity index (χ4v) is 4.67. The molecular formula is C36H35IN4O8. The van der Waals surface area contributed by atoms with Gasteiger partial charge in [-0.15, -0.1) is 0 Å². The summed E-state index contributed by atoms with van der Waals surface area (Å²) in [5.74, 6) is 0.987.